The van der Waals surface area contributed by atoms with E-state index in [0.717, 1.165) is 34.5 Å². The van der Waals surface area contributed by atoms with Crippen molar-refractivity contribution in [2.24, 2.45) is 5.92 Å². The summed E-state index contributed by atoms with van der Waals surface area (Å²) in [5.41, 5.74) is 5.67. The highest BCUT2D eigenvalue weighted by Crippen LogP contribution is 2.32. The first-order valence-electron chi connectivity index (χ1n) is 9.50. The molecule has 0 aromatic heterocycles. The molecule has 1 unspecified atom stereocenters. The lowest BCUT2D eigenvalue weighted by atomic mass is 10.1. The van der Waals surface area contributed by atoms with Crippen LogP contribution in [-0.4, -0.2) is 23.4 Å². The number of anilines is 2. The zero-order valence-electron chi connectivity index (χ0n) is 16.5. The van der Waals surface area contributed by atoms with Gasteiger partial charge in [-0.25, -0.2) is 0 Å². The number of nitrogens with zero attached hydrogens (tertiary/aromatic N) is 1. The van der Waals surface area contributed by atoms with Gasteiger partial charge in [0.2, 0.25) is 5.91 Å². The average Bonchev–Trinajstić information content (AvgIpc) is 3.06. The molecular formula is C22H28BrN3O. The summed E-state index contributed by atoms with van der Waals surface area (Å²) in [7, 11) is 0. The van der Waals surface area contributed by atoms with Crippen molar-refractivity contribution in [2.45, 2.75) is 46.8 Å². The maximum atomic E-state index is 12.4. The van der Waals surface area contributed by atoms with Crippen molar-refractivity contribution in [3.05, 3.63) is 57.6 Å². The molecule has 2 aromatic carbocycles. The lowest BCUT2D eigenvalue weighted by molar-refractivity contribution is -0.114. The van der Waals surface area contributed by atoms with Crippen LogP contribution in [0.1, 0.15) is 37.5 Å². The molecule has 2 aromatic rings. The molecule has 0 fully saturated rings. The molecule has 0 aliphatic carbocycles. The highest BCUT2D eigenvalue weighted by molar-refractivity contribution is 9.10. The number of benzene rings is 2. The van der Waals surface area contributed by atoms with Crippen molar-refractivity contribution in [3.8, 4) is 0 Å². The Morgan fingerprint density at radius 3 is 2.63 bits per heavy atom. The van der Waals surface area contributed by atoms with Crippen LogP contribution < -0.4 is 10.6 Å². The van der Waals surface area contributed by atoms with E-state index in [0.29, 0.717) is 12.0 Å². The molecule has 1 aliphatic rings. The van der Waals surface area contributed by atoms with E-state index in [-0.39, 0.29) is 12.5 Å². The van der Waals surface area contributed by atoms with Crippen LogP contribution in [0.15, 0.2) is 40.9 Å². The number of carbonyl (C=O) groups is 1. The summed E-state index contributed by atoms with van der Waals surface area (Å²) in [6, 6.07) is 12.8. The maximum absolute atomic E-state index is 12.4. The van der Waals surface area contributed by atoms with Gasteiger partial charge in [-0.05, 0) is 70.6 Å². The second kappa shape index (κ2) is 8.44. The van der Waals surface area contributed by atoms with E-state index >= 15 is 0 Å². The van der Waals surface area contributed by atoms with Crippen LogP contribution in [0.5, 0.6) is 0 Å². The molecule has 144 valence electrons. The fourth-order valence-corrected chi connectivity index (χ4v) is 4.01. The largest absolute Gasteiger partial charge is 0.376 e. The van der Waals surface area contributed by atoms with Crippen molar-refractivity contribution < 1.29 is 4.79 Å². The maximum Gasteiger partial charge on any atom is 0.243 e. The Bertz CT molecular complexity index is 834. The van der Waals surface area contributed by atoms with Gasteiger partial charge in [0.05, 0.1) is 12.2 Å². The van der Waals surface area contributed by atoms with Gasteiger partial charge in [0.25, 0.3) is 0 Å². The second-order valence-corrected chi connectivity index (χ2v) is 8.57. The Kier molecular flexibility index (Phi) is 6.22. The van der Waals surface area contributed by atoms with Gasteiger partial charge in [-0.1, -0.05) is 32.0 Å². The summed E-state index contributed by atoms with van der Waals surface area (Å²) >= 11 is 3.50. The third kappa shape index (κ3) is 4.71. The average molecular weight is 430 g/mol. The molecule has 0 spiro atoms. The smallest absolute Gasteiger partial charge is 0.243 e. The number of amides is 1. The van der Waals surface area contributed by atoms with E-state index in [2.05, 4.69) is 70.4 Å². The van der Waals surface area contributed by atoms with E-state index in [4.69, 9.17) is 0 Å². The van der Waals surface area contributed by atoms with Crippen LogP contribution in [0.25, 0.3) is 0 Å². The first-order chi connectivity index (χ1) is 12.8. The first kappa shape index (κ1) is 19.9. The summed E-state index contributed by atoms with van der Waals surface area (Å²) in [4.78, 5) is 14.9. The van der Waals surface area contributed by atoms with Crippen molar-refractivity contribution >= 4 is 33.2 Å². The summed E-state index contributed by atoms with van der Waals surface area (Å²) in [5.74, 6) is 0.567. The van der Waals surface area contributed by atoms with Crippen LogP contribution in [-0.2, 0) is 17.9 Å². The van der Waals surface area contributed by atoms with Crippen molar-refractivity contribution in [1.29, 1.82) is 0 Å². The van der Waals surface area contributed by atoms with Gasteiger partial charge >= 0.3 is 0 Å². The van der Waals surface area contributed by atoms with Crippen LogP contribution >= 0.6 is 15.9 Å². The normalized spacial score (nSPS) is 14.9. The number of rotatable bonds is 6. The molecule has 5 heteroatoms. The quantitative estimate of drug-likeness (QED) is 0.665. The third-order valence-electron chi connectivity index (χ3n) is 5.39. The number of fused-ring (bicyclic) bond motifs is 1. The lowest BCUT2D eigenvalue weighted by Gasteiger charge is -2.27. The standard InChI is InChI=1S/C22H28BrN3O/c1-14(2)16(4)26-12-17-6-5-7-20(18(17)13-26)24-11-22(27)25-21-9-8-15(3)10-19(21)23/h5-10,14,16,24H,11-13H2,1-4H3,(H,25,27). The lowest BCUT2D eigenvalue weighted by Crippen LogP contribution is -2.32. The molecule has 27 heavy (non-hydrogen) atoms. The van der Waals surface area contributed by atoms with Gasteiger partial charge in [-0.2, -0.15) is 0 Å². The molecule has 0 saturated heterocycles. The molecular weight excluding hydrogens is 402 g/mol. The highest BCUT2D eigenvalue weighted by atomic mass is 79.9. The van der Waals surface area contributed by atoms with Crippen molar-refractivity contribution in [2.75, 3.05) is 17.2 Å². The number of hydrogen-bond donors (Lipinski definition) is 2. The molecule has 3 rings (SSSR count). The number of halogens is 1. The molecule has 0 radical (unpaired) electrons. The Balaban J connectivity index is 1.63. The zero-order valence-corrected chi connectivity index (χ0v) is 18.1. The fraction of sp³-hybridized carbons (Fsp3) is 0.409. The Labute approximate surface area is 170 Å². The number of aryl methyl sites for hydroxylation is 1. The summed E-state index contributed by atoms with van der Waals surface area (Å²) in [5, 5.41) is 6.29. The molecule has 1 amide bonds. The highest BCUT2D eigenvalue weighted by Gasteiger charge is 2.26. The number of hydrogen-bond acceptors (Lipinski definition) is 3. The van der Waals surface area contributed by atoms with Gasteiger partial charge in [0, 0.05) is 29.3 Å². The van der Waals surface area contributed by atoms with Crippen molar-refractivity contribution in [3.63, 3.8) is 0 Å². The second-order valence-electron chi connectivity index (χ2n) is 7.72. The van der Waals surface area contributed by atoms with Gasteiger partial charge in [-0.15, -0.1) is 0 Å². The van der Waals surface area contributed by atoms with E-state index in [1.54, 1.807) is 0 Å². The van der Waals surface area contributed by atoms with Gasteiger partial charge in [0.15, 0.2) is 0 Å². The Hall–Kier alpha value is -1.85. The van der Waals surface area contributed by atoms with Gasteiger partial charge in [-0.3, -0.25) is 9.69 Å². The summed E-state index contributed by atoms with van der Waals surface area (Å²) in [6.07, 6.45) is 0. The van der Waals surface area contributed by atoms with E-state index in [9.17, 15) is 4.79 Å². The van der Waals surface area contributed by atoms with Gasteiger partial charge < -0.3 is 10.6 Å². The molecule has 0 saturated carbocycles. The first-order valence-corrected chi connectivity index (χ1v) is 10.3. The number of nitrogens with one attached hydrogen (secondary N) is 2. The Morgan fingerprint density at radius 2 is 1.93 bits per heavy atom. The minimum atomic E-state index is -0.0532. The predicted octanol–water partition coefficient (Wildman–Crippen LogP) is 5.17. The van der Waals surface area contributed by atoms with Gasteiger partial charge in [0.1, 0.15) is 0 Å². The molecule has 1 atom stereocenters. The van der Waals surface area contributed by atoms with E-state index in [1.807, 2.05) is 25.1 Å². The minimum Gasteiger partial charge on any atom is -0.376 e. The van der Waals surface area contributed by atoms with Crippen LogP contribution in [0, 0.1) is 12.8 Å². The molecule has 1 heterocycles. The molecule has 1 aliphatic heterocycles. The summed E-state index contributed by atoms with van der Waals surface area (Å²) < 4.78 is 0.898. The molecule has 2 N–H and O–H groups in total. The van der Waals surface area contributed by atoms with Crippen LogP contribution in [0.2, 0.25) is 0 Å². The predicted molar refractivity (Wildman–Crippen MR) is 116 cm³/mol. The van der Waals surface area contributed by atoms with Crippen LogP contribution in [0.3, 0.4) is 0 Å². The zero-order chi connectivity index (χ0) is 19.6. The molecule has 0 bridgehead atoms. The third-order valence-corrected chi connectivity index (χ3v) is 6.04. The topological polar surface area (TPSA) is 44.4 Å². The Morgan fingerprint density at radius 1 is 1.15 bits per heavy atom. The number of carbonyl (C=O) groups excluding carboxylic acids is 1. The fourth-order valence-electron chi connectivity index (χ4n) is 3.41. The van der Waals surface area contributed by atoms with E-state index in [1.165, 1.54) is 11.1 Å². The van der Waals surface area contributed by atoms with Crippen molar-refractivity contribution in [1.82, 2.24) is 4.90 Å². The monoisotopic (exact) mass is 429 g/mol. The summed E-state index contributed by atoms with van der Waals surface area (Å²) in [6.45, 7) is 11.0. The minimum absolute atomic E-state index is 0.0532. The molecule has 4 nitrogen and oxygen atoms in total. The van der Waals surface area contributed by atoms with Crippen LogP contribution in [0.4, 0.5) is 11.4 Å². The van der Waals surface area contributed by atoms with E-state index < -0.39 is 0 Å². The SMILES string of the molecule is Cc1ccc(NC(=O)CNc2cccc3c2CN(C(C)C(C)C)C3)c(Br)c1.